The summed E-state index contributed by atoms with van der Waals surface area (Å²) in [5.74, 6) is -0.714. The Kier molecular flexibility index (Phi) is 5.44. The number of ether oxygens (including phenoxy) is 2. The molecule has 0 aliphatic carbocycles. The van der Waals surface area contributed by atoms with Crippen molar-refractivity contribution in [3.63, 3.8) is 0 Å². The summed E-state index contributed by atoms with van der Waals surface area (Å²) < 4.78 is 48.9. The highest BCUT2D eigenvalue weighted by Crippen LogP contribution is 2.39. The monoisotopic (exact) mass is 414 g/mol. The molecule has 6 nitrogen and oxygen atoms in total. The summed E-state index contributed by atoms with van der Waals surface area (Å²) in [5.41, 5.74) is -0.826. The van der Waals surface area contributed by atoms with Crippen LogP contribution in [-0.4, -0.2) is 54.8 Å². The van der Waals surface area contributed by atoms with E-state index in [0.29, 0.717) is 25.2 Å². The SMILES string of the molecule is COC(=O)[C@H]1[C@H]2C[C@H](CN(c3ccc(C(F)(F)F)cc3)C2)N1C(=O)OC(C)(C)C. The lowest BCUT2D eigenvalue weighted by Gasteiger charge is -2.34. The Bertz CT molecular complexity index is 773. The molecule has 0 spiro atoms. The van der Waals surface area contributed by atoms with E-state index in [1.54, 1.807) is 20.8 Å². The summed E-state index contributed by atoms with van der Waals surface area (Å²) in [6, 6.07) is 3.83. The minimum atomic E-state index is -4.40. The molecule has 2 fully saturated rings. The lowest BCUT2D eigenvalue weighted by atomic mass is 9.94. The van der Waals surface area contributed by atoms with E-state index in [1.165, 1.54) is 24.1 Å². The van der Waals surface area contributed by atoms with E-state index in [-0.39, 0.29) is 12.0 Å². The van der Waals surface area contributed by atoms with Gasteiger partial charge >= 0.3 is 18.2 Å². The first-order chi connectivity index (χ1) is 13.4. The fraction of sp³-hybridized carbons (Fsp3) is 0.600. The Morgan fingerprint density at radius 1 is 1.07 bits per heavy atom. The van der Waals surface area contributed by atoms with E-state index >= 15 is 0 Å². The van der Waals surface area contributed by atoms with Crippen LogP contribution in [0.2, 0.25) is 0 Å². The summed E-state index contributed by atoms with van der Waals surface area (Å²) in [4.78, 5) is 28.5. The molecular weight excluding hydrogens is 389 g/mol. The van der Waals surface area contributed by atoms with E-state index in [1.807, 2.05) is 4.90 Å². The van der Waals surface area contributed by atoms with Crippen LogP contribution in [0.4, 0.5) is 23.7 Å². The number of benzene rings is 1. The van der Waals surface area contributed by atoms with E-state index < -0.39 is 35.4 Å². The van der Waals surface area contributed by atoms with Crippen molar-refractivity contribution in [3.05, 3.63) is 29.8 Å². The number of likely N-dealkylation sites (tertiary alicyclic amines) is 1. The number of hydrogen-bond donors (Lipinski definition) is 0. The average molecular weight is 414 g/mol. The van der Waals surface area contributed by atoms with Gasteiger partial charge < -0.3 is 14.4 Å². The van der Waals surface area contributed by atoms with Gasteiger partial charge in [0.1, 0.15) is 11.6 Å². The van der Waals surface area contributed by atoms with Crippen molar-refractivity contribution >= 4 is 17.7 Å². The number of hydrogen-bond acceptors (Lipinski definition) is 5. The predicted octanol–water partition coefficient (Wildman–Crippen LogP) is 3.69. The number of anilines is 1. The molecule has 2 aliphatic rings. The van der Waals surface area contributed by atoms with Gasteiger partial charge in [0.25, 0.3) is 0 Å². The van der Waals surface area contributed by atoms with Crippen LogP contribution in [0.5, 0.6) is 0 Å². The molecule has 1 aromatic carbocycles. The van der Waals surface area contributed by atoms with Crippen molar-refractivity contribution in [2.45, 2.75) is 51.1 Å². The van der Waals surface area contributed by atoms with Crippen LogP contribution in [0, 0.1) is 5.92 Å². The fourth-order valence-corrected chi connectivity index (χ4v) is 4.07. The zero-order chi connectivity index (χ0) is 21.6. The van der Waals surface area contributed by atoms with Gasteiger partial charge in [-0.25, -0.2) is 9.59 Å². The molecule has 2 saturated heterocycles. The molecule has 2 aliphatic heterocycles. The summed E-state index contributed by atoms with van der Waals surface area (Å²) in [5, 5.41) is 0. The molecule has 9 heteroatoms. The van der Waals surface area contributed by atoms with Crippen molar-refractivity contribution in [2.24, 2.45) is 5.92 Å². The van der Waals surface area contributed by atoms with Gasteiger partial charge in [0, 0.05) is 24.7 Å². The van der Waals surface area contributed by atoms with Crippen molar-refractivity contribution < 1.29 is 32.2 Å². The molecule has 1 amide bonds. The summed E-state index contributed by atoms with van der Waals surface area (Å²) >= 11 is 0. The molecule has 2 heterocycles. The number of piperidine rings is 1. The molecule has 3 atom stereocenters. The summed E-state index contributed by atoms with van der Waals surface area (Å²) in [6.07, 6.45) is -4.38. The van der Waals surface area contributed by atoms with Crippen LogP contribution in [0.25, 0.3) is 0 Å². The van der Waals surface area contributed by atoms with Crippen molar-refractivity contribution in [1.82, 2.24) is 4.90 Å². The minimum absolute atomic E-state index is 0.198. The highest BCUT2D eigenvalue weighted by Gasteiger charge is 2.53. The van der Waals surface area contributed by atoms with Gasteiger partial charge in [0.15, 0.2) is 0 Å². The number of alkyl halides is 3. The van der Waals surface area contributed by atoms with Crippen molar-refractivity contribution in [2.75, 3.05) is 25.1 Å². The molecule has 0 aromatic heterocycles. The number of nitrogens with zero attached hydrogens (tertiary/aromatic N) is 2. The minimum Gasteiger partial charge on any atom is -0.467 e. The number of rotatable bonds is 2. The van der Waals surface area contributed by atoms with Crippen LogP contribution >= 0.6 is 0 Å². The summed E-state index contributed by atoms with van der Waals surface area (Å²) in [6.45, 7) is 6.06. The summed E-state index contributed by atoms with van der Waals surface area (Å²) in [7, 11) is 1.27. The lowest BCUT2D eigenvalue weighted by Crippen LogP contribution is -2.49. The lowest BCUT2D eigenvalue weighted by molar-refractivity contribution is -0.147. The van der Waals surface area contributed by atoms with Gasteiger partial charge in [-0.05, 0) is 51.5 Å². The third kappa shape index (κ3) is 4.43. The van der Waals surface area contributed by atoms with Crippen LogP contribution in [0.3, 0.4) is 0 Å². The first-order valence-electron chi connectivity index (χ1n) is 9.42. The van der Waals surface area contributed by atoms with E-state index in [0.717, 1.165) is 12.1 Å². The number of carbonyl (C=O) groups excluding carboxylic acids is 2. The highest BCUT2D eigenvalue weighted by atomic mass is 19.4. The van der Waals surface area contributed by atoms with Gasteiger partial charge in [-0.2, -0.15) is 13.2 Å². The zero-order valence-electron chi connectivity index (χ0n) is 16.8. The molecular formula is C20H25F3N2O4. The Balaban J connectivity index is 1.85. The third-order valence-electron chi connectivity index (χ3n) is 5.21. The van der Waals surface area contributed by atoms with Crippen LogP contribution in [-0.2, 0) is 20.4 Å². The Morgan fingerprint density at radius 2 is 1.69 bits per heavy atom. The first kappa shape index (κ1) is 21.3. The van der Waals surface area contributed by atoms with Crippen molar-refractivity contribution in [3.8, 4) is 0 Å². The number of esters is 1. The zero-order valence-corrected chi connectivity index (χ0v) is 16.8. The number of amides is 1. The Hall–Kier alpha value is -2.45. The van der Waals surface area contributed by atoms with E-state index in [2.05, 4.69) is 0 Å². The van der Waals surface area contributed by atoms with Crippen LogP contribution in [0.15, 0.2) is 24.3 Å². The highest BCUT2D eigenvalue weighted by molar-refractivity contribution is 5.83. The molecule has 3 rings (SSSR count). The van der Waals surface area contributed by atoms with Gasteiger partial charge in [0.05, 0.1) is 18.7 Å². The van der Waals surface area contributed by atoms with E-state index in [4.69, 9.17) is 9.47 Å². The van der Waals surface area contributed by atoms with Gasteiger partial charge in [-0.1, -0.05) is 0 Å². The normalized spacial score (nSPS) is 24.4. The Labute approximate surface area is 167 Å². The molecule has 160 valence electrons. The van der Waals surface area contributed by atoms with Crippen LogP contribution in [0.1, 0.15) is 32.8 Å². The number of halogens is 3. The van der Waals surface area contributed by atoms with Gasteiger partial charge in [-0.3, -0.25) is 4.90 Å². The standard InChI is InChI=1S/C20H25F3N2O4/c1-19(2,3)29-18(27)25-15-9-12(16(25)17(26)28-4)10-24(11-15)14-7-5-13(6-8-14)20(21,22)23/h5-8,12,15-16H,9-11H2,1-4H3/t12-,15+,16+/m0/s1. The molecule has 1 aromatic rings. The number of carbonyl (C=O) groups is 2. The van der Waals surface area contributed by atoms with Gasteiger partial charge in [0.2, 0.25) is 0 Å². The molecule has 0 radical (unpaired) electrons. The van der Waals surface area contributed by atoms with Crippen LogP contribution < -0.4 is 4.90 Å². The first-order valence-corrected chi connectivity index (χ1v) is 9.42. The molecule has 0 unspecified atom stereocenters. The maximum Gasteiger partial charge on any atom is 0.416 e. The second kappa shape index (κ2) is 7.42. The maximum absolute atomic E-state index is 12.8. The second-order valence-corrected chi connectivity index (χ2v) is 8.45. The predicted molar refractivity (Wildman–Crippen MR) is 99.4 cm³/mol. The molecule has 0 saturated carbocycles. The smallest absolute Gasteiger partial charge is 0.416 e. The topological polar surface area (TPSA) is 59.1 Å². The van der Waals surface area contributed by atoms with Crippen molar-refractivity contribution in [1.29, 1.82) is 0 Å². The molecule has 2 bridgehead atoms. The Morgan fingerprint density at radius 3 is 2.21 bits per heavy atom. The second-order valence-electron chi connectivity index (χ2n) is 8.45. The third-order valence-corrected chi connectivity index (χ3v) is 5.21. The number of fused-ring (bicyclic) bond motifs is 2. The maximum atomic E-state index is 12.8. The molecule has 29 heavy (non-hydrogen) atoms. The largest absolute Gasteiger partial charge is 0.467 e. The number of methoxy groups -OCH3 is 1. The fourth-order valence-electron chi connectivity index (χ4n) is 4.07. The molecule has 0 N–H and O–H groups in total. The average Bonchev–Trinajstić information content (AvgIpc) is 2.89. The quantitative estimate of drug-likeness (QED) is 0.691. The van der Waals surface area contributed by atoms with E-state index in [9.17, 15) is 22.8 Å². The van der Waals surface area contributed by atoms with Gasteiger partial charge in [-0.15, -0.1) is 0 Å².